The van der Waals surface area contributed by atoms with Gasteiger partial charge in [-0.05, 0) is 122 Å². The largest absolute Gasteiger partial charge is 0.382 e. The molecule has 24 nitrogen and oxygen atoms in total. The summed E-state index contributed by atoms with van der Waals surface area (Å²) >= 11 is 2.42. The molecule has 2 aliphatic carbocycles. The molecule has 2 aliphatic rings. The molecule has 29 heteroatoms. The quantitative estimate of drug-likeness (QED) is 0.0158. The van der Waals surface area contributed by atoms with Gasteiger partial charge >= 0.3 is 0 Å². The first-order valence-electron chi connectivity index (χ1n) is 36.3. The Hall–Kier alpha value is -6.08. The Morgan fingerprint density at radius 3 is 1.29 bits per heavy atom. The molecule has 0 saturated heterocycles. The fourth-order valence-electron chi connectivity index (χ4n) is 12.5. The Balaban J connectivity index is 0.000000239. The van der Waals surface area contributed by atoms with E-state index in [1.807, 2.05) is 116 Å². The molecule has 2 saturated carbocycles. The molecule has 10 rings (SSSR count). The highest BCUT2D eigenvalue weighted by Gasteiger charge is 2.44. The number of fused-ring (bicyclic) bond motifs is 2. The van der Waals surface area contributed by atoms with Crippen molar-refractivity contribution in [3.63, 3.8) is 0 Å². The summed E-state index contributed by atoms with van der Waals surface area (Å²) in [5.74, 6) is 1.04. The number of halogens is 1. The van der Waals surface area contributed by atoms with Crippen LogP contribution in [0.1, 0.15) is 74.6 Å². The van der Waals surface area contributed by atoms with Crippen molar-refractivity contribution in [3.8, 4) is 33.6 Å². The smallest absolute Gasteiger partial charge is 0.249 e. The molecular weight excluding hydrogens is 1480 g/mol. The molecule has 0 atom stereocenters. The lowest BCUT2D eigenvalue weighted by molar-refractivity contribution is -0.151. The highest BCUT2D eigenvalue weighted by Crippen LogP contribution is 2.45. The number of anilines is 2. The van der Waals surface area contributed by atoms with E-state index in [9.17, 15) is 9.59 Å². The zero-order chi connectivity index (χ0) is 74.2. The fraction of sp³-hybridized carbons (Fsp3) is 0.568. The number of hydrogen-bond acceptors (Lipinski definition) is 18. The number of nitrogens with zero attached hydrogens (tertiary/aromatic N) is 12. The van der Waals surface area contributed by atoms with E-state index in [1.54, 1.807) is 14.2 Å². The summed E-state index contributed by atoms with van der Waals surface area (Å²) in [4.78, 5) is 40.3. The van der Waals surface area contributed by atoms with Gasteiger partial charge in [0.2, 0.25) is 11.8 Å². The molecule has 0 bridgehead atoms. The maximum absolute atomic E-state index is 12.7. The Morgan fingerprint density at radius 1 is 0.505 bits per heavy atom. The molecule has 562 valence electrons. The molecule has 0 spiro atoms. The number of aromatic nitrogens is 10. The third-order valence-corrected chi connectivity index (χ3v) is 27.0. The Morgan fingerprint density at radius 2 is 0.893 bits per heavy atom. The normalized spacial score (nSPS) is 18.3. The zero-order valence-corrected chi connectivity index (χ0v) is 69.6. The second-order valence-corrected chi connectivity index (χ2v) is 55.8. The number of methoxy groups -OCH3 is 2. The van der Waals surface area contributed by atoms with Crippen LogP contribution in [0.2, 0.25) is 103 Å². The third kappa shape index (κ3) is 22.5. The lowest BCUT2D eigenvalue weighted by Gasteiger charge is -2.38. The van der Waals surface area contributed by atoms with Crippen LogP contribution in [0.15, 0.2) is 104 Å². The Kier molecular flexibility index (Phi) is 28.7. The van der Waals surface area contributed by atoms with Crippen molar-refractivity contribution in [2.24, 2.45) is 11.5 Å². The number of carbonyl (C=O) groups excluding carboxylic acids is 2. The van der Waals surface area contributed by atoms with Crippen LogP contribution in [0.5, 0.6) is 0 Å². The second-order valence-electron chi connectivity index (χ2n) is 32.2. The van der Waals surface area contributed by atoms with Crippen molar-refractivity contribution < 1.29 is 47.5 Å². The predicted molar refractivity (Wildman–Crippen MR) is 427 cm³/mol. The number of carbonyl (C=O) groups is 2. The summed E-state index contributed by atoms with van der Waals surface area (Å²) in [6.07, 6.45) is 16.3. The molecule has 8 aromatic rings. The van der Waals surface area contributed by atoms with E-state index in [0.717, 1.165) is 95.7 Å². The summed E-state index contributed by atoms with van der Waals surface area (Å²) in [7, 11) is -1.91. The maximum Gasteiger partial charge on any atom is 0.249 e. The van der Waals surface area contributed by atoms with Crippen LogP contribution < -0.4 is 21.3 Å². The molecule has 4 N–H and O–H groups in total. The summed E-state index contributed by atoms with van der Waals surface area (Å²) in [5.41, 5.74) is 18.7. The van der Waals surface area contributed by atoms with Gasteiger partial charge in [-0.2, -0.15) is 29.4 Å². The van der Waals surface area contributed by atoms with Gasteiger partial charge < -0.3 is 59.2 Å². The van der Waals surface area contributed by atoms with E-state index >= 15 is 0 Å². The standard InChI is InChI=1S/C37H56IN7O5Si2.C37H57N7O5Si2/c1-47-17-18-50-37(36(39)46)15-13-28(14-16-37)33-32(38)35(43(26-48-19-21-51(2,3)4)27-49-20-22-52(5,6)7)45-34(42-33)31(24-41-45)29-23-40-44(25-29)30-11-9-8-10-12-30;1-46-17-18-49-37(36(38)45)15-13-29(14-16-37)33-23-34(42(27-47-19-21-50(2,3)4)28-48-20-22-51(5,6)7)44-35(41-33)32(25-40-44)30-24-39-43(26-30)31-11-9-8-10-12-31/h8-12,23-25,28H,13-22,26-27H2,1-7H3,(H2,39,46);8-12,23-26,29H,13-22,27-28H2,1-7H3,(H2,38,45). The first-order chi connectivity index (χ1) is 49.0. The molecule has 2 aromatic carbocycles. The number of ether oxygens (including phenoxy) is 8. The van der Waals surface area contributed by atoms with Gasteiger partial charge in [0.15, 0.2) is 17.1 Å². The van der Waals surface area contributed by atoms with Gasteiger partial charge in [-0.3, -0.25) is 9.59 Å². The van der Waals surface area contributed by atoms with Gasteiger partial charge in [0.1, 0.15) is 43.9 Å². The summed E-state index contributed by atoms with van der Waals surface area (Å²) in [6.45, 7) is 33.9. The minimum atomic E-state index is -1.29. The van der Waals surface area contributed by atoms with Crippen LogP contribution in [0, 0.1) is 3.57 Å². The maximum atomic E-state index is 12.7. The molecule has 0 aliphatic heterocycles. The minimum Gasteiger partial charge on any atom is -0.382 e. The molecule has 6 aromatic heterocycles. The average molecular weight is 1600 g/mol. The van der Waals surface area contributed by atoms with Gasteiger partial charge in [-0.15, -0.1) is 0 Å². The number of para-hydroxylation sites is 2. The van der Waals surface area contributed by atoms with Gasteiger partial charge in [-0.25, -0.2) is 19.3 Å². The summed E-state index contributed by atoms with van der Waals surface area (Å²) in [5, 5.41) is 19.2. The monoisotopic (exact) mass is 1600 g/mol. The van der Waals surface area contributed by atoms with Crippen LogP contribution in [-0.2, 0) is 47.5 Å². The third-order valence-electron chi connectivity index (χ3n) is 19.1. The predicted octanol–water partition coefficient (Wildman–Crippen LogP) is 13.7. The number of benzene rings is 2. The molecule has 0 radical (unpaired) electrons. The van der Waals surface area contributed by atoms with Crippen LogP contribution >= 0.6 is 22.6 Å². The van der Waals surface area contributed by atoms with Gasteiger partial charge in [0, 0.05) is 131 Å². The summed E-state index contributed by atoms with van der Waals surface area (Å²) < 4.78 is 56.5. The SMILES string of the molecule is COCCOC1(C(N)=O)CCC(c2cc(N(COCC[Si](C)(C)C)COCC[Si](C)(C)C)n3ncc(-c4cnn(-c5ccccc5)c4)c3n2)CC1.COCCOC1(C(N)=O)CCC(c2nc3c(-c4cnn(-c5ccccc5)c4)cnn3c(N(COCC[Si](C)(C)C)COCC[Si](C)(C)C)c2I)CC1. The zero-order valence-electron chi connectivity index (χ0n) is 63.4. The number of hydrogen-bond donors (Lipinski definition) is 2. The van der Waals surface area contributed by atoms with Crippen LogP contribution in [-0.4, -0.2) is 198 Å². The number of rotatable bonds is 38. The second kappa shape index (κ2) is 36.5. The van der Waals surface area contributed by atoms with E-state index < -0.39 is 55.3 Å². The Bertz CT molecular complexity index is 3940. The van der Waals surface area contributed by atoms with Crippen LogP contribution in [0.25, 0.3) is 44.9 Å². The van der Waals surface area contributed by atoms with E-state index in [4.69, 9.17) is 69.5 Å². The van der Waals surface area contributed by atoms with Gasteiger partial charge in [-0.1, -0.05) is 115 Å². The molecule has 2 fully saturated rings. The lowest BCUT2D eigenvalue weighted by atomic mass is 9.77. The van der Waals surface area contributed by atoms with Crippen molar-refractivity contribution in [2.45, 2.75) is 177 Å². The number of nitrogens with two attached hydrogens (primary N) is 2. The van der Waals surface area contributed by atoms with Gasteiger partial charge in [0.25, 0.3) is 0 Å². The molecule has 6 heterocycles. The van der Waals surface area contributed by atoms with Crippen molar-refractivity contribution in [1.29, 1.82) is 0 Å². The van der Waals surface area contributed by atoms with E-state index in [0.29, 0.717) is 131 Å². The average Bonchev–Trinajstić information content (AvgIpc) is 1.67. The molecule has 2 amide bonds. The van der Waals surface area contributed by atoms with E-state index in [1.165, 1.54) is 0 Å². The first-order valence-corrected chi connectivity index (χ1v) is 52.2. The van der Waals surface area contributed by atoms with Gasteiger partial charge in [0.05, 0.1) is 71.9 Å². The topological polar surface area (TPSA) is 263 Å². The molecular formula is C74H113IN14O10Si4. The lowest BCUT2D eigenvalue weighted by Crippen LogP contribution is -2.49. The van der Waals surface area contributed by atoms with Crippen molar-refractivity contribution in [3.05, 3.63) is 119 Å². The van der Waals surface area contributed by atoms with E-state index in [2.05, 4.69) is 127 Å². The molecule has 0 unspecified atom stereocenters. The van der Waals surface area contributed by atoms with Crippen molar-refractivity contribution in [2.75, 3.05) is 104 Å². The van der Waals surface area contributed by atoms with Crippen LogP contribution in [0.4, 0.5) is 11.6 Å². The summed E-state index contributed by atoms with van der Waals surface area (Å²) in [6, 6.07) is 26.5. The first kappa shape index (κ1) is 81.0. The van der Waals surface area contributed by atoms with Crippen LogP contribution in [0.3, 0.4) is 0 Å². The van der Waals surface area contributed by atoms with Crippen molar-refractivity contribution >= 4 is 89.6 Å². The highest BCUT2D eigenvalue weighted by atomic mass is 127. The van der Waals surface area contributed by atoms with Crippen molar-refractivity contribution in [1.82, 2.24) is 48.8 Å². The highest BCUT2D eigenvalue weighted by molar-refractivity contribution is 14.1. The number of primary amides is 2. The Labute approximate surface area is 626 Å². The minimum absolute atomic E-state index is 0.0754. The number of amides is 2. The molecule has 103 heavy (non-hydrogen) atoms. The van der Waals surface area contributed by atoms with E-state index in [-0.39, 0.29) is 11.8 Å². The fourth-order valence-corrected chi connectivity index (χ4v) is 16.7.